The molecule has 4 aliphatic rings. The van der Waals surface area contributed by atoms with E-state index in [1.165, 1.54) is 0 Å². The lowest BCUT2D eigenvalue weighted by Gasteiger charge is -2.38. The molecule has 41 heavy (non-hydrogen) atoms. The molecular formula is C33H37N3O5. The molecule has 2 saturated heterocycles. The van der Waals surface area contributed by atoms with Crippen LogP contribution in [0.15, 0.2) is 72.8 Å². The molecule has 0 aliphatic carbocycles. The van der Waals surface area contributed by atoms with Gasteiger partial charge in [-0.15, -0.1) is 0 Å². The minimum Gasteiger partial charge on any atom is -0.396 e. The van der Waals surface area contributed by atoms with Crippen LogP contribution in [0, 0.1) is 25.7 Å². The van der Waals surface area contributed by atoms with Crippen LogP contribution in [0.4, 0.5) is 11.4 Å². The SMILES string of the molecule is Cc1cccc(C)c1N1CC=C[C@]23O[C@]4(C)C=CCN(c5ccccc5)C(=O)[C@@H]4[C@H]2C(=O)N(CCCCO)C3C1=O. The number of benzene rings is 2. The van der Waals surface area contributed by atoms with Gasteiger partial charge in [0.05, 0.1) is 17.4 Å². The predicted molar refractivity (Wildman–Crippen MR) is 156 cm³/mol. The highest BCUT2D eigenvalue weighted by Gasteiger charge is 2.74. The molecular weight excluding hydrogens is 518 g/mol. The van der Waals surface area contributed by atoms with Crippen LogP contribution in [0.5, 0.6) is 0 Å². The molecule has 0 saturated carbocycles. The highest BCUT2D eigenvalue weighted by atomic mass is 16.5. The summed E-state index contributed by atoms with van der Waals surface area (Å²) in [5.41, 5.74) is 1.14. The second-order valence-electron chi connectivity index (χ2n) is 11.7. The van der Waals surface area contributed by atoms with E-state index in [0.717, 1.165) is 22.5 Å². The van der Waals surface area contributed by atoms with Crippen LogP contribution in [-0.4, -0.2) is 71.2 Å². The number of aryl methyl sites for hydroxylation is 2. The summed E-state index contributed by atoms with van der Waals surface area (Å²) >= 11 is 0. The molecule has 2 aromatic carbocycles. The normalized spacial score (nSPS) is 30.8. The number of carbonyl (C=O) groups excluding carboxylic acids is 3. The fraction of sp³-hybridized carbons (Fsp3) is 0.424. The first-order valence-corrected chi connectivity index (χ1v) is 14.4. The molecule has 1 N–H and O–H groups in total. The Kier molecular flexibility index (Phi) is 6.86. The van der Waals surface area contributed by atoms with Crippen LogP contribution in [0.2, 0.25) is 0 Å². The van der Waals surface area contributed by atoms with Crippen molar-refractivity contribution < 1.29 is 24.2 Å². The van der Waals surface area contributed by atoms with E-state index in [1.54, 1.807) is 14.7 Å². The number of fused-ring (bicyclic) bond motifs is 2. The number of nitrogens with zero attached hydrogens (tertiary/aromatic N) is 3. The largest absolute Gasteiger partial charge is 0.396 e. The summed E-state index contributed by atoms with van der Waals surface area (Å²) in [7, 11) is 0. The van der Waals surface area contributed by atoms with Crippen molar-refractivity contribution in [2.45, 2.75) is 50.9 Å². The number of aliphatic hydroxyl groups is 1. The number of carbonyl (C=O) groups is 3. The highest BCUT2D eigenvalue weighted by Crippen LogP contribution is 2.57. The van der Waals surface area contributed by atoms with Crippen LogP contribution in [0.3, 0.4) is 0 Å². The first-order valence-electron chi connectivity index (χ1n) is 14.4. The minimum atomic E-state index is -1.31. The number of ether oxygens (including phenoxy) is 1. The second-order valence-corrected chi connectivity index (χ2v) is 11.7. The Morgan fingerprint density at radius 1 is 0.829 bits per heavy atom. The molecule has 5 atom stereocenters. The molecule has 3 amide bonds. The molecule has 4 heterocycles. The zero-order valence-corrected chi connectivity index (χ0v) is 23.8. The lowest BCUT2D eigenvalue weighted by molar-refractivity contribution is -0.144. The Morgan fingerprint density at radius 3 is 2.22 bits per heavy atom. The van der Waals surface area contributed by atoms with Gasteiger partial charge in [0.15, 0.2) is 0 Å². The van der Waals surface area contributed by atoms with E-state index in [2.05, 4.69) is 0 Å². The number of amides is 3. The summed E-state index contributed by atoms with van der Waals surface area (Å²) in [5, 5.41) is 9.47. The molecule has 1 spiro atoms. The Morgan fingerprint density at radius 2 is 1.51 bits per heavy atom. The van der Waals surface area contributed by atoms with Gasteiger partial charge in [-0.3, -0.25) is 14.4 Å². The van der Waals surface area contributed by atoms with Crippen LogP contribution in [-0.2, 0) is 19.1 Å². The third-order valence-corrected chi connectivity index (χ3v) is 9.14. The van der Waals surface area contributed by atoms with Gasteiger partial charge in [-0.2, -0.15) is 0 Å². The van der Waals surface area contributed by atoms with Crippen LogP contribution >= 0.6 is 0 Å². The van der Waals surface area contributed by atoms with Crippen LogP contribution in [0.25, 0.3) is 0 Å². The molecule has 6 rings (SSSR count). The Labute approximate surface area is 240 Å². The summed E-state index contributed by atoms with van der Waals surface area (Å²) in [4.78, 5) is 48.6. The number of likely N-dealkylation sites (tertiary alicyclic amines) is 1. The maximum atomic E-state index is 14.7. The number of anilines is 2. The fourth-order valence-electron chi connectivity index (χ4n) is 7.43. The summed E-state index contributed by atoms with van der Waals surface area (Å²) in [6.45, 7) is 6.81. The monoisotopic (exact) mass is 555 g/mol. The number of hydrogen-bond acceptors (Lipinski definition) is 5. The maximum Gasteiger partial charge on any atom is 0.253 e. The van der Waals surface area contributed by atoms with Gasteiger partial charge in [0.1, 0.15) is 11.6 Å². The van der Waals surface area contributed by atoms with Crippen LogP contribution in [0.1, 0.15) is 30.9 Å². The highest BCUT2D eigenvalue weighted by molar-refractivity contribution is 6.08. The van der Waals surface area contributed by atoms with E-state index in [9.17, 15) is 19.5 Å². The molecule has 0 radical (unpaired) electrons. The topological polar surface area (TPSA) is 90.4 Å². The quantitative estimate of drug-likeness (QED) is 0.435. The Balaban J connectivity index is 1.47. The van der Waals surface area contributed by atoms with Crippen molar-refractivity contribution >= 4 is 29.1 Å². The zero-order chi connectivity index (χ0) is 28.9. The van der Waals surface area contributed by atoms with Gasteiger partial charge in [0.2, 0.25) is 11.8 Å². The van der Waals surface area contributed by atoms with Gasteiger partial charge in [-0.1, -0.05) is 60.7 Å². The molecule has 0 bridgehead atoms. The van der Waals surface area contributed by atoms with E-state index >= 15 is 0 Å². The smallest absolute Gasteiger partial charge is 0.253 e. The number of aliphatic hydroxyl groups excluding tert-OH is 1. The van der Waals surface area contributed by atoms with Crippen molar-refractivity contribution in [1.82, 2.24) is 4.90 Å². The third kappa shape index (κ3) is 4.15. The lowest BCUT2D eigenvalue weighted by atomic mass is 9.74. The van der Waals surface area contributed by atoms with Crippen molar-refractivity contribution in [1.29, 1.82) is 0 Å². The standard InChI is InChI=1S/C33H37N3O5/c1-22-12-9-13-23(2)27(22)35-20-11-17-33-26(30(39)36(18-7-8-21-37)28(33)31(35)40)25-29(38)34(24-14-5-4-6-15-24)19-10-16-32(25,3)41-33/h4-6,9-17,25-26,28,37H,7-8,18-21H2,1-3H3/t25-,26-,28?,32+,33-/m0/s1. The van der Waals surface area contributed by atoms with Crippen molar-refractivity contribution in [2.24, 2.45) is 11.8 Å². The lowest BCUT2D eigenvalue weighted by Crippen LogP contribution is -2.56. The van der Waals surface area contributed by atoms with E-state index in [4.69, 9.17) is 4.74 Å². The van der Waals surface area contributed by atoms with Gasteiger partial charge in [0, 0.05) is 37.6 Å². The summed E-state index contributed by atoms with van der Waals surface area (Å²) in [5.74, 6) is -2.34. The summed E-state index contributed by atoms with van der Waals surface area (Å²) < 4.78 is 6.92. The maximum absolute atomic E-state index is 14.7. The summed E-state index contributed by atoms with van der Waals surface area (Å²) in [6, 6.07) is 14.4. The molecule has 214 valence electrons. The average Bonchev–Trinajstić information content (AvgIpc) is 3.21. The van der Waals surface area contributed by atoms with E-state index in [-0.39, 0.29) is 24.3 Å². The fourth-order valence-corrected chi connectivity index (χ4v) is 7.43. The third-order valence-electron chi connectivity index (χ3n) is 9.14. The van der Waals surface area contributed by atoms with Crippen molar-refractivity contribution in [2.75, 3.05) is 36.0 Å². The predicted octanol–water partition coefficient (Wildman–Crippen LogP) is 3.55. The van der Waals surface area contributed by atoms with E-state index < -0.39 is 29.1 Å². The Hall–Kier alpha value is -3.75. The number of para-hydroxylation sites is 2. The van der Waals surface area contributed by atoms with Crippen molar-refractivity contribution in [3.8, 4) is 0 Å². The molecule has 1 unspecified atom stereocenters. The molecule has 2 aromatic rings. The second kappa shape index (κ2) is 10.3. The number of rotatable bonds is 6. The van der Waals surface area contributed by atoms with Gasteiger partial charge in [-0.05, 0) is 56.9 Å². The molecule has 0 aromatic heterocycles. The van der Waals surface area contributed by atoms with Gasteiger partial charge in [0.25, 0.3) is 5.91 Å². The van der Waals surface area contributed by atoms with Gasteiger partial charge >= 0.3 is 0 Å². The average molecular weight is 556 g/mol. The minimum absolute atomic E-state index is 0.00381. The van der Waals surface area contributed by atoms with Crippen molar-refractivity contribution in [3.63, 3.8) is 0 Å². The molecule has 8 nitrogen and oxygen atoms in total. The summed E-state index contributed by atoms with van der Waals surface area (Å²) in [6.07, 6.45) is 8.66. The molecule has 2 fully saturated rings. The van der Waals surface area contributed by atoms with Crippen LogP contribution < -0.4 is 9.80 Å². The van der Waals surface area contributed by atoms with Crippen molar-refractivity contribution in [3.05, 3.63) is 84.0 Å². The Bertz CT molecular complexity index is 1420. The van der Waals surface area contributed by atoms with Gasteiger partial charge in [-0.25, -0.2) is 0 Å². The van der Waals surface area contributed by atoms with E-state index in [0.29, 0.717) is 32.5 Å². The zero-order valence-electron chi connectivity index (χ0n) is 23.8. The first-order chi connectivity index (χ1) is 19.7. The van der Waals surface area contributed by atoms with Gasteiger partial charge < -0.3 is 24.5 Å². The molecule has 8 heteroatoms. The van der Waals surface area contributed by atoms with E-state index in [1.807, 2.05) is 93.6 Å². The number of unbranched alkanes of at least 4 members (excludes halogenated alkanes) is 1. The molecule has 4 aliphatic heterocycles. The number of hydrogen-bond donors (Lipinski definition) is 1. The first kappa shape index (κ1) is 27.4.